The summed E-state index contributed by atoms with van der Waals surface area (Å²) in [5, 5.41) is 79.0. The maximum atomic E-state index is 13.7. The lowest BCUT2D eigenvalue weighted by Gasteiger charge is -2.17. The molecule has 56 heavy (non-hydrogen) atoms. The van der Waals surface area contributed by atoms with Crippen molar-refractivity contribution in [2.45, 2.75) is 5.51 Å². The van der Waals surface area contributed by atoms with Gasteiger partial charge in [-0.15, -0.1) is 0 Å². The molecule has 0 spiro atoms. The van der Waals surface area contributed by atoms with Crippen LogP contribution in [0.15, 0.2) is 95.4 Å². The Morgan fingerprint density at radius 1 is 0.500 bits per heavy atom. The van der Waals surface area contributed by atoms with Crippen molar-refractivity contribution in [3.8, 4) is 80.2 Å². The number of fused-ring (bicyclic) bond motifs is 9. The van der Waals surface area contributed by atoms with Crippen LogP contribution in [-0.4, -0.2) is 56.2 Å². The molecule has 9 aromatic rings. The van der Waals surface area contributed by atoms with Crippen LogP contribution in [0.3, 0.4) is 0 Å². The number of phenols is 7. The Balaban J connectivity index is 1.37. The molecule has 0 atom stereocenters. The molecule has 0 bridgehead atoms. The maximum absolute atomic E-state index is 13.7. The average molecular weight is 778 g/mol. The van der Waals surface area contributed by atoms with E-state index in [-0.39, 0.29) is 23.0 Å². The van der Waals surface area contributed by atoms with Crippen LogP contribution in [0.25, 0.3) is 88.4 Å². The van der Waals surface area contributed by atoms with E-state index in [1.165, 1.54) is 6.07 Å². The van der Waals surface area contributed by atoms with E-state index >= 15 is 0 Å². The second-order valence-electron chi connectivity index (χ2n) is 12.6. The van der Waals surface area contributed by atoms with Gasteiger partial charge in [0, 0.05) is 5.56 Å². The molecule has 0 radical (unpaired) electrons. The maximum Gasteiger partial charge on any atom is 0.479 e. The van der Waals surface area contributed by atoms with E-state index in [0.717, 1.165) is 21.5 Å². The molecule has 2 aromatic heterocycles. The number of aromatic nitrogens is 3. The Morgan fingerprint density at radius 3 is 1.59 bits per heavy atom. The third-order valence-electron chi connectivity index (χ3n) is 9.39. The van der Waals surface area contributed by atoms with E-state index in [1.54, 1.807) is 42.5 Å². The molecular weight excluding hydrogens is 756 g/mol. The third kappa shape index (κ3) is 5.21. The first-order chi connectivity index (χ1) is 26.8. The van der Waals surface area contributed by atoms with Gasteiger partial charge in [0.15, 0.2) is 63.7 Å². The fourth-order valence-corrected chi connectivity index (χ4v) is 7.25. The summed E-state index contributed by atoms with van der Waals surface area (Å²) in [6.07, 6.45) is 0. The van der Waals surface area contributed by atoms with E-state index in [0.29, 0.717) is 16.3 Å². The third-order valence-corrected chi connectivity index (χ3v) is 9.84. The standard InChI is InChI=1S/C40H22F3N3O9S/c41-40(42,43)56-55-24-15-22-20-13-7-5-11-18(20)17-10-4-6-12-19(17)21(22)14-23(24)38-44-37(16-8-2-1-3-9-16)45-39(46-38)27-30(49)28(47)25-26-29(48)32(51)33(52)34(53)36(26)54-35(25)31(27)50/h1-15,47-53H. The van der Waals surface area contributed by atoms with Gasteiger partial charge in [-0.05, 0) is 44.5 Å². The first kappa shape index (κ1) is 34.4. The largest absolute Gasteiger partial charge is 0.504 e. The van der Waals surface area contributed by atoms with Gasteiger partial charge >= 0.3 is 5.51 Å². The number of furan rings is 1. The SMILES string of the molecule is Oc1c(O)c(O)c2c(oc3c(O)c(-c4nc(-c5ccccc5)nc(-c5cc6c7ccccc7c7ccccc7c6cc5OSC(F)(F)F)n4)c(O)c(O)c32)c1O. The first-order valence-corrected chi connectivity index (χ1v) is 17.2. The fraction of sp³-hybridized carbons (Fsp3) is 0.0250. The van der Waals surface area contributed by atoms with Crippen molar-refractivity contribution in [2.24, 2.45) is 0 Å². The van der Waals surface area contributed by atoms with Gasteiger partial charge in [0.25, 0.3) is 0 Å². The van der Waals surface area contributed by atoms with Crippen molar-refractivity contribution in [3.05, 3.63) is 91.0 Å². The summed E-state index contributed by atoms with van der Waals surface area (Å²) in [5.41, 5.74) is -6.42. The molecule has 0 aliphatic rings. The molecule has 0 unspecified atom stereocenters. The second kappa shape index (κ2) is 12.4. The molecular formula is C40H22F3N3O9S. The highest BCUT2D eigenvalue weighted by Crippen LogP contribution is 2.58. The molecule has 0 amide bonds. The van der Waals surface area contributed by atoms with Gasteiger partial charge in [-0.1, -0.05) is 78.9 Å². The Morgan fingerprint density at radius 2 is 0.982 bits per heavy atom. The Bertz CT molecular complexity index is 3120. The van der Waals surface area contributed by atoms with Crippen molar-refractivity contribution in [2.75, 3.05) is 0 Å². The lowest BCUT2D eigenvalue weighted by molar-refractivity contribution is -0.0369. The van der Waals surface area contributed by atoms with Crippen LogP contribution in [0.1, 0.15) is 0 Å². The monoisotopic (exact) mass is 777 g/mol. The minimum atomic E-state index is -4.81. The highest BCUT2D eigenvalue weighted by atomic mass is 32.2. The molecule has 12 nitrogen and oxygen atoms in total. The number of alkyl halides is 3. The minimum absolute atomic E-state index is 0.0377. The number of rotatable bonds is 5. The summed E-state index contributed by atoms with van der Waals surface area (Å²) in [4.78, 5) is 13.6. The smallest absolute Gasteiger partial charge is 0.479 e. The number of benzene rings is 7. The van der Waals surface area contributed by atoms with Gasteiger partial charge in [-0.25, -0.2) is 15.0 Å². The van der Waals surface area contributed by atoms with E-state index < -0.39 is 91.1 Å². The normalized spacial score (nSPS) is 12.1. The Hall–Kier alpha value is -7.33. The van der Waals surface area contributed by atoms with E-state index in [9.17, 15) is 48.9 Å². The van der Waals surface area contributed by atoms with Crippen molar-refractivity contribution < 1.29 is 57.5 Å². The van der Waals surface area contributed by atoms with Crippen LogP contribution < -0.4 is 4.18 Å². The van der Waals surface area contributed by atoms with Crippen LogP contribution >= 0.6 is 12.0 Å². The number of halogens is 3. The molecule has 0 aliphatic carbocycles. The number of phenolic OH excluding ortho intramolecular Hbond substituents is 7. The summed E-state index contributed by atoms with van der Waals surface area (Å²) < 4.78 is 52.0. The molecule has 0 aliphatic heterocycles. The van der Waals surface area contributed by atoms with E-state index in [2.05, 4.69) is 15.0 Å². The summed E-state index contributed by atoms with van der Waals surface area (Å²) in [6.45, 7) is 0. The average Bonchev–Trinajstić information content (AvgIpc) is 3.62. The molecule has 7 aromatic carbocycles. The highest BCUT2D eigenvalue weighted by Gasteiger charge is 2.34. The molecule has 0 saturated heterocycles. The van der Waals surface area contributed by atoms with Gasteiger partial charge in [-0.3, -0.25) is 0 Å². The Labute approximate surface area is 314 Å². The molecule has 278 valence electrons. The Kier molecular flexibility index (Phi) is 7.60. The van der Waals surface area contributed by atoms with Crippen LogP contribution in [0.4, 0.5) is 13.2 Å². The summed E-state index contributed by atoms with van der Waals surface area (Å²) in [6, 6.07) is 26.2. The zero-order valence-corrected chi connectivity index (χ0v) is 28.8. The van der Waals surface area contributed by atoms with Crippen molar-refractivity contribution in [1.82, 2.24) is 15.0 Å². The quantitative estimate of drug-likeness (QED) is 0.0377. The molecule has 0 fully saturated rings. The topological polar surface area (TPSA) is 203 Å². The highest BCUT2D eigenvalue weighted by molar-refractivity contribution is 7.95. The van der Waals surface area contributed by atoms with Crippen LogP contribution in [0.2, 0.25) is 0 Å². The fourth-order valence-electron chi connectivity index (χ4n) is 6.93. The summed E-state index contributed by atoms with van der Waals surface area (Å²) >= 11 is -0.744. The number of hydrogen-bond acceptors (Lipinski definition) is 13. The molecule has 2 heterocycles. The first-order valence-electron chi connectivity index (χ1n) is 16.4. The van der Waals surface area contributed by atoms with Gasteiger partial charge in [0.2, 0.25) is 17.2 Å². The molecule has 16 heteroatoms. The number of aromatic hydroxyl groups is 7. The van der Waals surface area contributed by atoms with Crippen molar-refractivity contribution in [3.63, 3.8) is 0 Å². The summed E-state index contributed by atoms with van der Waals surface area (Å²) in [5.74, 6) is -8.57. The lowest BCUT2D eigenvalue weighted by Crippen LogP contribution is -2.05. The summed E-state index contributed by atoms with van der Waals surface area (Å²) in [7, 11) is 0. The van der Waals surface area contributed by atoms with Gasteiger partial charge in [0.1, 0.15) is 11.3 Å². The van der Waals surface area contributed by atoms with Crippen molar-refractivity contribution >= 4 is 66.3 Å². The van der Waals surface area contributed by atoms with Gasteiger partial charge < -0.3 is 44.3 Å². The van der Waals surface area contributed by atoms with Gasteiger partial charge in [0.05, 0.1) is 16.3 Å². The predicted octanol–water partition coefficient (Wildman–Crippen LogP) is 9.72. The van der Waals surface area contributed by atoms with Gasteiger partial charge in [-0.2, -0.15) is 13.2 Å². The second-order valence-corrected chi connectivity index (χ2v) is 13.4. The molecule has 7 N–H and O–H groups in total. The molecule has 0 saturated carbocycles. The van der Waals surface area contributed by atoms with Crippen LogP contribution in [0.5, 0.6) is 46.0 Å². The minimum Gasteiger partial charge on any atom is -0.504 e. The van der Waals surface area contributed by atoms with Crippen molar-refractivity contribution in [1.29, 1.82) is 0 Å². The van der Waals surface area contributed by atoms with E-state index in [4.69, 9.17) is 8.60 Å². The number of hydrogen-bond donors (Lipinski definition) is 7. The lowest BCUT2D eigenvalue weighted by atomic mass is 9.93. The van der Waals surface area contributed by atoms with Crippen LogP contribution in [0, 0.1) is 0 Å². The molecule has 9 rings (SSSR count). The zero-order chi connectivity index (χ0) is 39.2. The van der Waals surface area contributed by atoms with Crippen LogP contribution in [-0.2, 0) is 0 Å². The van der Waals surface area contributed by atoms with E-state index in [1.807, 2.05) is 42.5 Å². The predicted molar refractivity (Wildman–Crippen MR) is 202 cm³/mol. The zero-order valence-electron chi connectivity index (χ0n) is 28.0. The number of nitrogens with zero attached hydrogens (tertiary/aromatic N) is 3.